The van der Waals surface area contributed by atoms with Gasteiger partial charge in [-0.2, -0.15) is 0 Å². The first kappa shape index (κ1) is 31.4. The highest BCUT2D eigenvalue weighted by molar-refractivity contribution is 6.31. The van der Waals surface area contributed by atoms with E-state index in [0.717, 1.165) is 55.1 Å². The molecular formula is C54H32N4. The molecule has 4 nitrogen and oxygen atoms in total. The summed E-state index contributed by atoms with van der Waals surface area (Å²) in [5.41, 5.74) is 13.2. The van der Waals surface area contributed by atoms with Gasteiger partial charge in [0.15, 0.2) is 0 Å². The zero-order chi connectivity index (χ0) is 37.9. The highest BCUT2D eigenvalue weighted by atomic mass is 15.2. The van der Waals surface area contributed by atoms with E-state index in [2.05, 4.69) is 203 Å². The first-order valence-corrected chi connectivity index (χ1v) is 19.8. The van der Waals surface area contributed by atoms with Crippen molar-refractivity contribution in [1.82, 2.24) is 18.9 Å². The molecule has 58 heavy (non-hydrogen) atoms. The van der Waals surface area contributed by atoms with Crippen LogP contribution in [-0.2, 0) is 0 Å². The van der Waals surface area contributed by atoms with Crippen LogP contribution in [0.4, 0.5) is 0 Å². The van der Waals surface area contributed by atoms with Crippen molar-refractivity contribution < 1.29 is 0 Å². The van der Waals surface area contributed by atoms with Crippen LogP contribution in [0.25, 0.3) is 121 Å². The fourth-order valence-electron chi connectivity index (χ4n) is 9.77. The Hall–Kier alpha value is -7.82. The number of benzene rings is 9. The Morgan fingerprint density at radius 2 is 0.897 bits per heavy atom. The summed E-state index contributed by atoms with van der Waals surface area (Å²) in [7, 11) is 0. The van der Waals surface area contributed by atoms with Gasteiger partial charge in [0.1, 0.15) is 0 Å². The average molecular weight is 737 g/mol. The normalized spacial score (nSPS) is 12.1. The number of hydrogen-bond acceptors (Lipinski definition) is 2. The van der Waals surface area contributed by atoms with Crippen LogP contribution in [0.2, 0.25) is 0 Å². The third-order valence-corrected chi connectivity index (χ3v) is 12.3. The minimum Gasteiger partial charge on any atom is -0.308 e. The first-order chi connectivity index (χ1) is 28.8. The molecule has 4 heterocycles. The van der Waals surface area contributed by atoms with Crippen LogP contribution in [0.15, 0.2) is 194 Å². The number of nitrogens with zero attached hydrogens (tertiary/aromatic N) is 4. The molecule has 13 rings (SSSR count). The summed E-state index contributed by atoms with van der Waals surface area (Å²) in [6, 6.07) is 70.0. The lowest BCUT2D eigenvalue weighted by molar-refractivity contribution is 1.01. The van der Waals surface area contributed by atoms with Gasteiger partial charge in [0, 0.05) is 43.4 Å². The average Bonchev–Trinajstić information content (AvgIpc) is 3.78. The highest BCUT2D eigenvalue weighted by Crippen LogP contribution is 2.45. The Morgan fingerprint density at radius 1 is 0.345 bits per heavy atom. The fourth-order valence-corrected chi connectivity index (χ4v) is 9.77. The predicted octanol–water partition coefficient (Wildman–Crippen LogP) is 14.0. The number of fused-ring (bicyclic) bond motifs is 8. The summed E-state index contributed by atoms with van der Waals surface area (Å²) >= 11 is 0. The summed E-state index contributed by atoms with van der Waals surface area (Å²) in [5.74, 6) is 0.648. The SMILES string of the molecule is c1ccc(-c2ccc(-c3cc4ccccc4c4c(-c5ccccc5)nc(-n5c6cccc7c8cccc9c%10ccccc%10n(c%10cccc5c%10c76)c89)nc34)cc2)cc1. The number of aromatic nitrogens is 4. The Labute approximate surface area is 332 Å². The molecule has 0 saturated carbocycles. The van der Waals surface area contributed by atoms with E-state index in [1.54, 1.807) is 0 Å². The van der Waals surface area contributed by atoms with E-state index >= 15 is 0 Å². The summed E-state index contributed by atoms with van der Waals surface area (Å²) in [4.78, 5) is 11.3. The lowest BCUT2D eigenvalue weighted by Crippen LogP contribution is -2.04. The molecule has 0 atom stereocenters. The maximum Gasteiger partial charge on any atom is 0.235 e. The molecule has 0 amide bonds. The summed E-state index contributed by atoms with van der Waals surface area (Å²) in [5, 5.41) is 10.7. The van der Waals surface area contributed by atoms with Crippen LogP contribution in [0, 0.1) is 0 Å². The van der Waals surface area contributed by atoms with Gasteiger partial charge in [-0.25, -0.2) is 9.97 Å². The largest absolute Gasteiger partial charge is 0.308 e. The van der Waals surface area contributed by atoms with Crippen molar-refractivity contribution >= 4 is 81.6 Å². The van der Waals surface area contributed by atoms with Gasteiger partial charge >= 0.3 is 0 Å². The minimum absolute atomic E-state index is 0.648. The molecule has 0 aliphatic rings. The van der Waals surface area contributed by atoms with Crippen LogP contribution in [-0.4, -0.2) is 18.9 Å². The molecule has 0 spiro atoms. The van der Waals surface area contributed by atoms with Crippen LogP contribution in [0.3, 0.4) is 0 Å². The van der Waals surface area contributed by atoms with Crippen LogP contribution in [0.1, 0.15) is 0 Å². The van der Waals surface area contributed by atoms with Gasteiger partial charge in [-0.1, -0.05) is 164 Å². The minimum atomic E-state index is 0.648. The van der Waals surface area contributed by atoms with Crippen molar-refractivity contribution in [2.45, 2.75) is 0 Å². The van der Waals surface area contributed by atoms with Crippen molar-refractivity contribution in [3.8, 4) is 39.5 Å². The molecule has 0 aliphatic heterocycles. The van der Waals surface area contributed by atoms with Crippen molar-refractivity contribution in [1.29, 1.82) is 0 Å². The first-order valence-electron chi connectivity index (χ1n) is 19.8. The highest BCUT2D eigenvalue weighted by Gasteiger charge is 2.25. The van der Waals surface area contributed by atoms with Crippen molar-refractivity contribution in [2.24, 2.45) is 0 Å². The molecular weight excluding hydrogens is 705 g/mol. The second kappa shape index (κ2) is 11.8. The van der Waals surface area contributed by atoms with Gasteiger partial charge < -0.3 is 4.40 Å². The van der Waals surface area contributed by atoms with Crippen molar-refractivity contribution in [2.75, 3.05) is 0 Å². The van der Waals surface area contributed by atoms with Gasteiger partial charge in [-0.05, 0) is 63.2 Å². The van der Waals surface area contributed by atoms with E-state index in [9.17, 15) is 0 Å². The zero-order valence-corrected chi connectivity index (χ0v) is 31.3. The second-order valence-electron chi connectivity index (χ2n) is 15.3. The van der Waals surface area contributed by atoms with Gasteiger partial charge in [0.2, 0.25) is 5.95 Å². The van der Waals surface area contributed by atoms with E-state index in [4.69, 9.17) is 9.97 Å². The Kier molecular flexibility index (Phi) is 6.41. The quantitative estimate of drug-likeness (QED) is 0.169. The number of para-hydroxylation sites is 2. The molecule has 0 bridgehead atoms. The number of rotatable bonds is 4. The van der Waals surface area contributed by atoms with Gasteiger partial charge in [0.25, 0.3) is 0 Å². The third kappa shape index (κ3) is 4.29. The molecule has 13 aromatic rings. The van der Waals surface area contributed by atoms with E-state index in [-0.39, 0.29) is 0 Å². The standard InChI is InChI=1S/C54H32N4/c1-3-14-33(15-4-1)34-28-30-35(31-29-34)43-32-37-18-7-8-19-38(37)49-51(36-16-5-2-6-17-36)55-54(56-52(43)49)58-45-25-12-21-40-42-23-11-22-41-39-20-9-10-24-44(39)57(53(41)42)46-26-13-27-47(58)50(46)48(40)45/h1-32H. The molecule has 4 heteroatoms. The molecule has 0 N–H and O–H groups in total. The molecule has 9 aromatic carbocycles. The lowest BCUT2D eigenvalue weighted by atomic mass is 9.93. The maximum absolute atomic E-state index is 5.68. The van der Waals surface area contributed by atoms with Crippen molar-refractivity contribution in [3.63, 3.8) is 0 Å². The smallest absolute Gasteiger partial charge is 0.235 e. The Morgan fingerprint density at radius 3 is 1.71 bits per heavy atom. The summed E-state index contributed by atoms with van der Waals surface area (Å²) < 4.78 is 4.78. The molecule has 0 saturated heterocycles. The Balaban J connectivity index is 1.18. The van der Waals surface area contributed by atoms with Crippen LogP contribution >= 0.6 is 0 Å². The molecule has 268 valence electrons. The molecule has 0 unspecified atom stereocenters. The molecule has 0 fully saturated rings. The lowest BCUT2D eigenvalue weighted by Gasteiger charge is -2.17. The predicted molar refractivity (Wildman–Crippen MR) is 242 cm³/mol. The topological polar surface area (TPSA) is 35.1 Å². The zero-order valence-electron chi connectivity index (χ0n) is 31.3. The summed E-state index contributed by atoms with van der Waals surface area (Å²) in [6.45, 7) is 0. The third-order valence-electron chi connectivity index (χ3n) is 12.3. The van der Waals surface area contributed by atoms with Gasteiger partial charge in [-0.15, -0.1) is 0 Å². The molecule has 4 aromatic heterocycles. The molecule has 0 aliphatic carbocycles. The van der Waals surface area contributed by atoms with Crippen molar-refractivity contribution in [3.05, 3.63) is 194 Å². The monoisotopic (exact) mass is 736 g/mol. The van der Waals surface area contributed by atoms with E-state index in [1.807, 2.05) is 0 Å². The fraction of sp³-hybridized carbons (Fsp3) is 0. The summed E-state index contributed by atoms with van der Waals surface area (Å²) in [6.07, 6.45) is 0. The van der Waals surface area contributed by atoms with E-state index < -0.39 is 0 Å². The molecule has 0 radical (unpaired) electrons. The van der Waals surface area contributed by atoms with Gasteiger partial charge in [-0.3, -0.25) is 4.57 Å². The Bertz CT molecular complexity index is 3770. The van der Waals surface area contributed by atoms with Crippen LogP contribution in [0.5, 0.6) is 0 Å². The second-order valence-corrected chi connectivity index (χ2v) is 15.3. The maximum atomic E-state index is 5.68. The van der Waals surface area contributed by atoms with E-state index in [0.29, 0.717) is 5.95 Å². The van der Waals surface area contributed by atoms with Crippen LogP contribution < -0.4 is 0 Å². The van der Waals surface area contributed by atoms with E-state index in [1.165, 1.54) is 60.0 Å². The van der Waals surface area contributed by atoms with Gasteiger partial charge in [0.05, 0.1) is 38.8 Å². The number of hydrogen-bond donors (Lipinski definition) is 0.